The summed E-state index contributed by atoms with van der Waals surface area (Å²) in [4.78, 5) is 31.2. The number of aromatic amines is 1. The highest BCUT2D eigenvalue weighted by Gasteiger charge is 2.18. The molecule has 2 aromatic carbocycles. The first-order valence-corrected chi connectivity index (χ1v) is 8.97. The molecule has 0 spiro atoms. The van der Waals surface area contributed by atoms with Crippen molar-refractivity contribution in [2.75, 3.05) is 5.32 Å². The van der Waals surface area contributed by atoms with Gasteiger partial charge in [-0.1, -0.05) is 23.7 Å². The number of aryl methyl sites for hydroxylation is 2. The summed E-state index contributed by atoms with van der Waals surface area (Å²) in [6.07, 6.45) is 0. The average Bonchev–Trinajstić information content (AvgIpc) is 2.98. The first-order chi connectivity index (χ1) is 13.4. The van der Waals surface area contributed by atoms with Gasteiger partial charge in [-0.2, -0.15) is 0 Å². The maximum atomic E-state index is 12.6. The Morgan fingerprint density at radius 1 is 1.11 bits per heavy atom. The molecule has 2 N–H and O–H groups in total. The first kappa shape index (κ1) is 18.0. The van der Waals surface area contributed by atoms with Crippen molar-refractivity contribution in [3.8, 4) is 11.3 Å². The third-order valence-electron chi connectivity index (χ3n) is 4.40. The average molecular weight is 394 g/mol. The number of hydrogen-bond acceptors (Lipinski definition) is 4. The first-order valence-electron chi connectivity index (χ1n) is 8.59. The van der Waals surface area contributed by atoms with Crippen LogP contribution in [0.2, 0.25) is 5.02 Å². The normalized spacial score (nSPS) is 11.0. The molecule has 0 aliphatic rings. The molecular weight excluding hydrogens is 378 g/mol. The van der Waals surface area contributed by atoms with Gasteiger partial charge in [0.15, 0.2) is 5.76 Å². The number of aromatic nitrogens is 2. The van der Waals surface area contributed by atoms with Crippen molar-refractivity contribution >= 4 is 34.2 Å². The molecule has 140 valence electrons. The molecule has 2 heterocycles. The summed E-state index contributed by atoms with van der Waals surface area (Å²) in [5.74, 6) is 0.441. The maximum absolute atomic E-state index is 12.6. The molecule has 4 rings (SSSR count). The number of anilines is 1. The van der Waals surface area contributed by atoms with Gasteiger partial charge in [-0.25, -0.2) is 4.98 Å². The monoisotopic (exact) mass is 393 g/mol. The van der Waals surface area contributed by atoms with Crippen molar-refractivity contribution in [1.29, 1.82) is 0 Å². The van der Waals surface area contributed by atoms with Crippen molar-refractivity contribution in [2.45, 2.75) is 13.8 Å². The number of furan rings is 1. The number of carbonyl (C=O) groups excluding carboxylic acids is 1. The third kappa shape index (κ3) is 3.42. The van der Waals surface area contributed by atoms with Gasteiger partial charge in [0.1, 0.15) is 11.4 Å². The molecule has 0 radical (unpaired) electrons. The van der Waals surface area contributed by atoms with Crippen LogP contribution in [0.1, 0.15) is 21.9 Å². The van der Waals surface area contributed by atoms with Crippen molar-refractivity contribution in [3.05, 3.63) is 81.1 Å². The van der Waals surface area contributed by atoms with E-state index in [4.69, 9.17) is 16.0 Å². The summed E-state index contributed by atoms with van der Waals surface area (Å²) in [6.45, 7) is 3.55. The lowest BCUT2D eigenvalue weighted by Gasteiger charge is -2.06. The molecule has 0 aliphatic heterocycles. The number of nitrogens with one attached hydrogen (secondary N) is 2. The second-order valence-corrected chi connectivity index (χ2v) is 6.88. The van der Waals surface area contributed by atoms with Gasteiger partial charge in [-0.3, -0.25) is 9.59 Å². The van der Waals surface area contributed by atoms with Crippen molar-refractivity contribution < 1.29 is 9.21 Å². The lowest BCUT2D eigenvalue weighted by molar-refractivity contribution is 0.0998. The third-order valence-corrected chi connectivity index (χ3v) is 4.64. The van der Waals surface area contributed by atoms with Gasteiger partial charge in [0, 0.05) is 33.3 Å². The molecule has 1 amide bonds. The Kier molecular flexibility index (Phi) is 4.49. The predicted octanol–water partition coefficient (Wildman–Crippen LogP) is 4.71. The topological polar surface area (TPSA) is 88.0 Å². The van der Waals surface area contributed by atoms with E-state index in [2.05, 4.69) is 15.3 Å². The highest BCUT2D eigenvalue weighted by atomic mass is 35.5. The van der Waals surface area contributed by atoms with Crippen LogP contribution in [-0.4, -0.2) is 15.9 Å². The Balaban J connectivity index is 1.58. The number of halogens is 1. The molecule has 28 heavy (non-hydrogen) atoms. The van der Waals surface area contributed by atoms with Crippen LogP contribution in [0.25, 0.3) is 22.2 Å². The summed E-state index contributed by atoms with van der Waals surface area (Å²) >= 11 is 6.03. The fourth-order valence-electron chi connectivity index (χ4n) is 3.05. The molecule has 0 bridgehead atoms. The minimum Gasteiger partial charge on any atom is -0.451 e. The molecule has 0 unspecified atom stereocenters. The highest BCUT2D eigenvalue weighted by Crippen LogP contribution is 2.28. The van der Waals surface area contributed by atoms with E-state index >= 15 is 0 Å². The van der Waals surface area contributed by atoms with E-state index in [1.807, 2.05) is 6.92 Å². The van der Waals surface area contributed by atoms with Crippen LogP contribution in [0.15, 0.2) is 57.7 Å². The van der Waals surface area contributed by atoms with Crippen molar-refractivity contribution in [2.24, 2.45) is 0 Å². The summed E-state index contributed by atoms with van der Waals surface area (Å²) < 4.78 is 5.69. The van der Waals surface area contributed by atoms with E-state index < -0.39 is 0 Å². The number of rotatable bonds is 3. The zero-order valence-corrected chi connectivity index (χ0v) is 15.9. The molecule has 0 aliphatic carbocycles. The van der Waals surface area contributed by atoms with Gasteiger partial charge >= 0.3 is 0 Å². The summed E-state index contributed by atoms with van der Waals surface area (Å²) in [7, 11) is 0. The molecule has 6 nitrogen and oxygen atoms in total. The molecule has 0 saturated heterocycles. The Bertz CT molecular complexity index is 1260. The van der Waals surface area contributed by atoms with Gasteiger partial charge in [0.2, 0.25) is 0 Å². The summed E-state index contributed by atoms with van der Waals surface area (Å²) in [5.41, 5.74) is 3.09. The molecule has 0 saturated carbocycles. The summed E-state index contributed by atoms with van der Waals surface area (Å²) in [6, 6.07) is 13.8. The second-order valence-electron chi connectivity index (χ2n) is 6.44. The van der Waals surface area contributed by atoms with Gasteiger partial charge in [-0.05, 0) is 44.2 Å². The Hall–Kier alpha value is -3.38. The molecular formula is C21H16ClN3O3. The van der Waals surface area contributed by atoms with Gasteiger partial charge in [0.25, 0.3) is 11.5 Å². The van der Waals surface area contributed by atoms with Gasteiger partial charge in [-0.15, -0.1) is 0 Å². The largest absolute Gasteiger partial charge is 0.451 e. The second kappa shape index (κ2) is 6.98. The number of hydrogen-bond donors (Lipinski definition) is 2. The lowest BCUT2D eigenvalue weighted by atomic mass is 10.1. The number of H-pyrrole nitrogens is 1. The van der Waals surface area contributed by atoms with Crippen LogP contribution in [0.4, 0.5) is 5.69 Å². The van der Waals surface area contributed by atoms with Gasteiger partial charge < -0.3 is 14.7 Å². The van der Waals surface area contributed by atoms with E-state index in [-0.39, 0.29) is 17.2 Å². The van der Waals surface area contributed by atoms with E-state index in [0.717, 1.165) is 16.5 Å². The lowest BCUT2D eigenvalue weighted by Crippen LogP contribution is -2.12. The van der Waals surface area contributed by atoms with E-state index in [1.165, 1.54) is 6.07 Å². The zero-order chi connectivity index (χ0) is 19.8. The number of benzene rings is 2. The molecule has 0 atom stereocenters. The standard InChI is InChI=1S/C21H16ClN3O3/c1-11-16-9-14(22)5-8-18(16)28-20(11)21(27)25-15-6-3-13(4-7-15)17-10-19(26)24-12(2)23-17/h3-10H,1-2H3,(H,25,27)(H,23,24,26). The number of nitrogens with zero attached hydrogens (tertiary/aromatic N) is 1. The van der Waals surface area contributed by atoms with Crippen LogP contribution in [-0.2, 0) is 0 Å². The van der Waals surface area contributed by atoms with Gasteiger partial charge in [0.05, 0.1) is 5.69 Å². The van der Waals surface area contributed by atoms with Crippen LogP contribution in [0, 0.1) is 13.8 Å². The van der Waals surface area contributed by atoms with Crippen LogP contribution >= 0.6 is 11.6 Å². The minimum absolute atomic E-state index is 0.208. The van der Waals surface area contributed by atoms with Crippen LogP contribution in [0.3, 0.4) is 0 Å². The fourth-order valence-corrected chi connectivity index (χ4v) is 3.22. The smallest absolute Gasteiger partial charge is 0.291 e. The predicted molar refractivity (Wildman–Crippen MR) is 109 cm³/mol. The molecule has 0 fully saturated rings. The number of carbonyl (C=O) groups is 1. The quantitative estimate of drug-likeness (QED) is 0.527. The molecule has 2 aromatic heterocycles. The highest BCUT2D eigenvalue weighted by molar-refractivity contribution is 6.31. The van der Waals surface area contributed by atoms with E-state index in [0.29, 0.717) is 27.8 Å². The maximum Gasteiger partial charge on any atom is 0.291 e. The minimum atomic E-state index is -0.345. The van der Waals surface area contributed by atoms with Crippen molar-refractivity contribution in [3.63, 3.8) is 0 Å². The Morgan fingerprint density at radius 3 is 2.57 bits per heavy atom. The SMILES string of the molecule is Cc1nc(-c2ccc(NC(=O)c3oc4ccc(Cl)cc4c3C)cc2)cc(=O)[nH]1. The summed E-state index contributed by atoms with van der Waals surface area (Å²) in [5, 5.41) is 4.22. The van der Waals surface area contributed by atoms with Crippen LogP contribution in [0.5, 0.6) is 0 Å². The fraction of sp³-hybridized carbons (Fsp3) is 0.0952. The number of fused-ring (bicyclic) bond motifs is 1. The number of amides is 1. The molecule has 4 aromatic rings. The van der Waals surface area contributed by atoms with E-state index in [1.54, 1.807) is 49.4 Å². The Morgan fingerprint density at radius 2 is 1.86 bits per heavy atom. The molecule has 7 heteroatoms. The zero-order valence-electron chi connectivity index (χ0n) is 15.2. The Labute approximate surface area is 165 Å². The van der Waals surface area contributed by atoms with Crippen LogP contribution < -0.4 is 10.9 Å². The van der Waals surface area contributed by atoms with E-state index in [9.17, 15) is 9.59 Å². The van der Waals surface area contributed by atoms with Crippen molar-refractivity contribution in [1.82, 2.24) is 9.97 Å².